The second-order valence-electron chi connectivity index (χ2n) is 5.32. The molecule has 0 aliphatic heterocycles. The Labute approximate surface area is 132 Å². The largest absolute Gasteiger partial charge is 0.497 e. The fourth-order valence-electron chi connectivity index (χ4n) is 2.19. The van der Waals surface area contributed by atoms with Crippen LogP contribution in [-0.4, -0.2) is 25.0 Å². The van der Waals surface area contributed by atoms with E-state index in [1.807, 2.05) is 0 Å². The number of amides is 2. The van der Waals surface area contributed by atoms with E-state index in [9.17, 15) is 9.59 Å². The zero-order valence-electron chi connectivity index (χ0n) is 13.6. The summed E-state index contributed by atoms with van der Waals surface area (Å²) in [5.41, 5.74) is 0.690. The molecular weight excluding hydrogens is 280 g/mol. The molecule has 122 valence electrons. The van der Waals surface area contributed by atoms with Crippen molar-refractivity contribution < 1.29 is 14.3 Å². The van der Waals surface area contributed by atoms with Crippen molar-refractivity contribution in [2.45, 2.75) is 52.0 Å². The first-order chi connectivity index (χ1) is 10.6. The number of unbranched alkanes of at least 4 members (excludes halogenated alkanes) is 3. The van der Waals surface area contributed by atoms with Crippen molar-refractivity contribution in [3.63, 3.8) is 0 Å². The lowest BCUT2D eigenvalue weighted by Crippen LogP contribution is -2.42. The predicted octanol–water partition coefficient (Wildman–Crippen LogP) is 3.11. The smallest absolute Gasteiger partial charge is 0.246 e. The summed E-state index contributed by atoms with van der Waals surface area (Å²) >= 11 is 0. The minimum absolute atomic E-state index is 0.183. The van der Waals surface area contributed by atoms with Gasteiger partial charge in [-0.05, 0) is 30.7 Å². The van der Waals surface area contributed by atoms with E-state index in [0.717, 1.165) is 31.4 Å². The van der Waals surface area contributed by atoms with E-state index in [4.69, 9.17) is 4.74 Å². The highest BCUT2D eigenvalue weighted by atomic mass is 16.5. The van der Waals surface area contributed by atoms with Gasteiger partial charge in [0, 0.05) is 12.6 Å². The van der Waals surface area contributed by atoms with Gasteiger partial charge in [-0.3, -0.25) is 9.59 Å². The van der Waals surface area contributed by atoms with Gasteiger partial charge in [0.15, 0.2) is 0 Å². The van der Waals surface area contributed by atoms with Crippen LogP contribution in [0.4, 0.5) is 5.69 Å². The summed E-state index contributed by atoms with van der Waals surface area (Å²) in [5.74, 6) is 0.359. The van der Waals surface area contributed by atoms with E-state index in [1.54, 1.807) is 31.4 Å². The molecule has 0 spiro atoms. The molecule has 5 nitrogen and oxygen atoms in total. The molecule has 0 radical (unpaired) electrons. The van der Waals surface area contributed by atoms with Gasteiger partial charge in [0.2, 0.25) is 11.8 Å². The molecule has 0 heterocycles. The lowest BCUT2D eigenvalue weighted by molar-refractivity contribution is -0.125. The summed E-state index contributed by atoms with van der Waals surface area (Å²) in [4.78, 5) is 23.6. The SMILES string of the molecule is CCCCCCC(NC(C)=O)C(=O)Nc1ccc(OC)cc1. The minimum atomic E-state index is -0.489. The Morgan fingerprint density at radius 2 is 1.82 bits per heavy atom. The molecule has 22 heavy (non-hydrogen) atoms. The number of carbonyl (C=O) groups excluding carboxylic acids is 2. The number of carbonyl (C=O) groups is 2. The molecule has 1 atom stereocenters. The third-order valence-corrected chi connectivity index (χ3v) is 3.40. The number of anilines is 1. The van der Waals surface area contributed by atoms with Crippen molar-refractivity contribution in [3.05, 3.63) is 24.3 Å². The number of hydrogen-bond acceptors (Lipinski definition) is 3. The van der Waals surface area contributed by atoms with Gasteiger partial charge >= 0.3 is 0 Å². The van der Waals surface area contributed by atoms with Crippen molar-refractivity contribution >= 4 is 17.5 Å². The molecule has 2 N–H and O–H groups in total. The molecule has 0 saturated heterocycles. The highest BCUT2D eigenvalue weighted by Crippen LogP contribution is 2.16. The molecule has 1 unspecified atom stereocenters. The van der Waals surface area contributed by atoms with Crippen molar-refractivity contribution in [3.8, 4) is 5.75 Å². The fourth-order valence-corrected chi connectivity index (χ4v) is 2.19. The van der Waals surface area contributed by atoms with Gasteiger partial charge in [0.1, 0.15) is 11.8 Å². The number of benzene rings is 1. The summed E-state index contributed by atoms with van der Waals surface area (Å²) in [6, 6.07) is 6.63. The third-order valence-electron chi connectivity index (χ3n) is 3.40. The number of methoxy groups -OCH3 is 1. The van der Waals surface area contributed by atoms with Crippen LogP contribution in [0.2, 0.25) is 0 Å². The maximum absolute atomic E-state index is 12.3. The number of hydrogen-bond donors (Lipinski definition) is 2. The first kappa shape index (κ1) is 18.0. The molecule has 0 aliphatic rings. The number of rotatable bonds is 9. The summed E-state index contributed by atoms with van der Waals surface area (Å²) in [7, 11) is 1.59. The normalized spacial score (nSPS) is 11.6. The van der Waals surface area contributed by atoms with Gasteiger partial charge in [-0.15, -0.1) is 0 Å². The van der Waals surface area contributed by atoms with Gasteiger partial charge in [-0.2, -0.15) is 0 Å². The second-order valence-corrected chi connectivity index (χ2v) is 5.32. The Morgan fingerprint density at radius 3 is 2.36 bits per heavy atom. The highest BCUT2D eigenvalue weighted by Gasteiger charge is 2.19. The Balaban J connectivity index is 2.58. The van der Waals surface area contributed by atoms with Crippen LogP contribution in [-0.2, 0) is 9.59 Å². The molecule has 5 heteroatoms. The Hall–Kier alpha value is -2.04. The molecule has 0 saturated carbocycles. The van der Waals surface area contributed by atoms with E-state index in [2.05, 4.69) is 17.6 Å². The van der Waals surface area contributed by atoms with Crippen molar-refractivity contribution in [1.29, 1.82) is 0 Å². The Bertz CT molecular complexity index is 471. The summed E-state index contributed by atoms with van der Waals surface area (Å²) < 4.78 is 5.08. The monoisotopic (exact) mass is 306 g/mol. The van der Waals surface area contributed by atoms with Gasteiger partial charge in [0.05, 0.1) is 7.11 Å². The van der Waals surface area contributed by atoms with Crippen molar-refractivity contribution in [1.82, 2.24) is 5.32 Å². The zero-order valence-corrected chi connectivity index (χ0v) is 13.6. The minimum Gasteiger partial charge on any atom is -0.497 e. The molecule has 1 aromatic carbocycles. The predicted molar refractivity (Wildman–Crippen MR) is 88.0 cm³/mol. The zero-order chi connectivity index (χ0) is 16.4. The molecule has 0 bridgehead atoms. The standard InChI is InChI=1S/C17H26N2O3/c1-4-5-6-7-8-16(18-13(2)20)17(21)19-14-9-11-15(22-3)12-10-14/h9-12,16H,4-8H2,1-3H3,(H,18,20)(H,19,21). The molecule has 2 amide bonds. The lowest BCUT2D eigenvalue weighted by Gasteiger charge is -2.17. The lowest BCUT2D eigenvalue weighted by atomic mass is 10.1. The van der Waals surface area contributed by atoms with E-state index in [-0.39, 0.29) is 11.8 Å². The Morgan fingerprint density at radius 1 is 1.14 bits per heavy atom. The van der Waals surface area contributed by atoms with Crippen LogP contribution in [0, 0.1) is 0 Å². The number of nitrogens with one attached hydrogen (secondary N) is 2. The molecule has 0 aromatic heterocycles. The van der Waals surface area contributed by atoms with E-state index in [0.29, 0.717) is 12.1 Å². The number of ether oxygens (including phenoxy) is 1. The van der Waals surface area contributed by atoms with E-state index in [1.165, 1.54) is 6.92 Å². The van der Waals surface area contributed by atoms with Crippen LogP contribution >= 0.6 is 0 Å². The quantitative estimate of drug-likeness (QED) is 0.689. The fraction of sp³-hybridized carbons (Fsp3) is 0.529. The van der Waals surface area contributed by atoms with Crippen LogP contribution in [0.15, 0.2) is 24.3 Å². The van der Waals surface area contributed by atoms with Crippen LogP contribution < -0.4 is 15.4 Å². The van der Waals surface area contributed by atoms with Crippen LogP contribution in [0.3, 0.4) is 0 Å². The van der Waals surface area contributed by atoms with E-state index >= 15 is 0 Å². The molecular formula is C17H26N2O3. The summed E-state index contributed by atoms with van der Waals surface area (Å²) in [6.07, 6.45) is 4.94. The third kappa shape index (κ3) is 6.61. The van der Waals surface area contributed by atoms with Gasteiger partial charge in [-0.1, -0.05) is 32.6 Å². The van der Waals surface area contributed by atoms with Crippen LogP contribution in [0.5, 0.6) is 5.75 Å². The van der Waals surface area contributed by atoms with Crippen molar-refractivity contribution in [2.24, 2.45) is 0 Å². The first-order valence-electron chi connectivity index (χ1n) is 7.78. The van der Waals surface area contributed by atoms with Gasteiger partial charge < -0.3 is 15.4 Å². The molecule has 1 aromatic rings. The van der Waals surface area contributed by atoms with Gasteiger partial charge in [0.25, 0.3) is 0 Å². The average molecular weight is 306 g/mol. The highest BCUT2D eigenvalue weighted by molar-refractivity contribution is 5.96. The summed E-state index contributed by atoms with van der Waals surface area (Å²) in [6.45, 7) is 3.57. The first-order valence-corrected chi connectivity index (χ1v) is 7.78. The Kier molecular flexibility index (Phi) is 8.04. The van der Waals surface area contributed by atoms with Gasteiger partial charge in [-0.25, -0.2) is 0 Å². The van der Waals surface area contributed by atoms with Crippen molar-refractivity contribution in [2.75, 3.05) is 12.4 Å². The average Bonchev–Trinajstić information content (AvgIpc) is 2.50. The van der Waals surface area contributed by atoms with Crippen LogP contribution in [0.1, 0.15) is 46.0 Å². The van der Waals surface area contributed by atoms with E-state index < -0.39 is 6.04 Å². The molecule has 1 rings (SSSR count). The second kappa shape index (κ2) is 9.82. The van der Waals surface area contributed by atoms with Crippen LogP contribution in [0.25, 0.3) is 0 Å². The maximum atomic E-state index is 12.3. The topological polar surface area (TPSA) is 67.4 Å². The summed E-state index contributed by atoms with van der Waals surface area (Å²) in [5, 5.41) is 5.55. The maximum Gasteiger partial charge on any atom is 0.246 e. The molecule has 0 aliphatic carbocycles. The molecule has 0 fully saturated rings.